The second kappa shape index (κ2) is 5.22. The molecule has 2 fully saturated rings. The first-order chi connectivity index (χ1) is 10.3. The highest BCUT2D eigenvalue weighted by atomic mass is 19.4. The molecule has 4 nitrogen and oxygen atoms in total. The molecule has 1 saturated heterocycles. The predicted molar refractivity (Wildman–Crippen MR) is 73.8 cm³/mol. The zero-order valence-corrected chi connectivity index (χ0v) is 12.1. The van der Waals surface area contributed by atoms with Crippen molar-refractivity contribution in [3.05, 3.63) is 29.6 Å². The van der Waals surface area contributed by atoms with Crippen LogP contribution in [-0.4, -0.2) is 34.4 Å². The second-order valence-electron chi connectivity index (χ2n) is 6.30. The average Bonchev–Trinajstić information content (AvgIpc) is 2.93. The Morgan fingerprint density at radius 2 is 2.27 bits per heavy atom. The van der Waals surface area contributed by atoms with Gasteiger partial charge in [-0.05, 0) is 30.4 Å². The topological polar surface area (TPSA) is 59.2 Å². The fourth-order valence-corrected chi connectivity index (χ4v) is 3.65. The van der Waals surface area contributed by atoms with E-state index in [1.54, 1.807) is 4.90 Å². The maximum atomic E-state index is 13.0. The molecule has 0 bridgehead atoms. The largest absolute Gasteiger partial charge is 0.416 e. The van der Waals surface area contributed by atoms with E-state index in [2.05, 4.69) is 4.98 Å². The third kappa shape index (κ3) is 2.69. The number of nitrogens with two attached hydrogens (primary N) is 1. The first-order valence-electron chi connectivity index (χ1n) is 7.36. The van der Waals surface area contributed by atoms with Gasteiger partial charge in [-0.15, -0.1) is 0 Å². The maximum absolute atomic E-state index is 13.0. The van der Waals surface area contributed by atoms with Gasteiger partial charge in [-0.25, -0.2) is 0 Å². The number of carbonyl (C=O) groups excluding carboxylic acids is 1. The molecule has 2 heterocycles. The molecule has 2 atom stereocenters. The lowest BCUT2D eigenvalue weighted by Gasteiger charge is -2.23. The zero-order valence-electron chi connectivity index (χ0n) is 12.1. The van der Waals surface area contributed by atoms with E-state index < -0.39 is 11.7 Å². The molecule has 1 saturated carbocycles. The van der Waals surface area contributed by atoms with Gasteiger partial charge in [-0.1, -0.05) is 6.42 Å². The Labute approximate surface area is 126 Å². The van der Waals surface area contributed by atoms with Crippen LogP contribution in [0.2, 0.25) is 0 Å². The SMILES string of the molecule is NC12CCCC1CN(C(=O)Cc1cnccc1C(F)(F)F)C2. The summed E-state index contributed by atoms with van der Waals surface area (Å²) in [7, 11) is 0. The summed E-state index contributed by atoms with van der Waals surface area (Å²) in [6.07, 6.45) is 0.371. The van der Waals surface area contributed by atoms with Crippen molar-refractivity contribution in [3.8, 4) is 0 Å². The van der Waals surface area contributed by atoms with E-state index in [1.807, 2.05) is 0 Å². The van der Waals surface area contributed by atoms with Crippen LogP contribution in [0, 0.1) is 5.92 Å². The highest BCUT2D eigenvalue weighted by molar-refractivity contribution is 5.79. The monoisotopic (exact) mass is 313 g/mol. The summed E-state index contributed by atoms with van der Waals surface area (Å²) in [5, 5.41) is 0. The predicted octanol–water partition coefficient (Wildman–Crippen LogP) is 1.98. The smallest absolute Gasteiger partial charge is 0.340 e. The third-order valence-electron chi connectivity index (χ3n) is 4.84. The van der Waals surface area contributed by atoms with Crippen molar-refractivity contribution in [3.63, 3.8) is 0 Å². The molecule has 2 N–H and O–H groups in total. The number of rotatable bonds is 2. The van der Waals surface area contributed by atoms with Crippen molar-refractivity contribution in [1.82, 2.24) is 9.88 Å². The molecular formula is C15H18F3N3O. The van der Waals surface area contributed by atoms with Crippen LogP contribution in [0.3, 0.4) is 0 Å². The van der Waals surface area contributed by atoms with Crippen molar-refractivity contribution in [1.29, 1.82) is 0 Å². The summed E-state index contributed by atoms with van der Waals surface area (Å²) < 4.78 is 38.9. The standard InChI is InChI=1S/C15H18F3N3O/c16-15(17,18)12-3-5-20-7-10(12)6-13(22)21-8-11-2-1-4-14(11,19)9-21/h3,5,7,11H,1-2,4,6,8-9,19H2. The van der Waals surface area contributed by atoms with Gasteiger partial charge in [-0.3, -0.25) is 9.78 Å². The normalized spacial score (nSPS) is 28.0. The van der Waals surface area contributed by atoms with Gasteiger partial charge >= 0.3 is 6.18 Å². The number of carbonyl (C=O) groups is 1. The summed E-state index contributed by atoms with van der Waals surface area (Å²) >= 11 is 0. The number of aromatic nitrogens is 1. The number of amides is 1. The highest BCUT2D eigenvalue weighted by Gasteiger charge is 2.48. The van der Waals surface area contributed by atoms with Gasteiger partial charge < -0.3 is 10.6 Å². The molecule has 2 aliphatic rings. The summed E-state index contributed by atoms with van der Waals surface area (Å²) in [4.78, 5) is 17.7. The highest BCUT2D eigenvalue weighted by Crippen LogP contribution is 2.40. The second-order valence-corrected chi connectivity index (χ2v) is 6.30. The van der Waals surface area contributed by atoms with Gasteiger partial charge in [-0.2, -0.15) is 13.2 Å². The van der Waals surface area contributed by atoms with Gasteiger partial charge in [0.1, 0.15) is 0 Å². The number of alkyl halides is 3. The van der Waals surface area contributed by atoms with E-state index in [0.717, 1.165) is 37.7 Å². The minimum absolute atomic E-state index is 0.0804. The number of nitrogens with zero attached hydrogens (tertiary/aromatic N) is 2. The number of pyridine rings is 1. The Morgan fingerprint density at radius 3 is 2.95 bits per heavy atom. The lowest BCUT2D eigenvalue weighted by atomic mass is 9.92. The molecular weight excluding hydrogens is 295 g/mol. The molecule has 1 aromatic rings. The van der Waals surface area contributed by atoms with E-state index in [-0.39, 0.29) is 29.3 Å². The van der Waals surface area contributed by atoms with E-state index in [9.17, 15) is 18.0 Å². The molecule has 22 heavy (non-hydrogen) atoms. The van der Waals surface area contributed by atoms with Gasteiger partial charge in [0.05, 0.1) is 12.0 Å². The molecule has 1 aliphatic carbocycles. The number of hydrogen-bond acceptors (Lipinski definition) is 3. The molecule has 2 unspecified atom stereocenters. The van der Waals surface area contributed by atoms with E-state index in [1.165, 1.54) is 0 Å². The minimum atomic E-state index is -4.48. The summed E-state index contributed by atoms with van der Waals surface area (Å²) in [5.41, 5.74) is 5.07. The molecule has 1 amide bonds. The van der Waals surface area contributed by atoms with E-state index >= 15 is 0 Å². The van der Waals surface area contributed by atoms with Crippen LogP contribution in [0.25, 0.3) is 0 Å². The number of likely N-dealkylation sites (tertiary alicyclic amines) is 1. The lowest BCUT2D eigenvalue weighted by molar-refractivity contribution is -0.138. The maximum Gasteiger partial charge on any atom is 0.416 e. The van der Waals surface area contributed by atoms with Crippen LogP contribution in [0.1, 0.15) is 30.4 Å². The Balaban J connectivity index is 1.74. The van der Waals surface area contributed by atoms with E-state index in [4.69, 9.17) is 5.73 Å². The van der Waals surface area contributed by atoms with Crippen molar-refractivity contribution in [2.45, 2.75) is 37.4 Å². The van der Waals surface area contributed by atoms with Gasteiger partial charge in [0.15, 0.2) is 0 Å². The molecule has 120 valence electrons. The Bertz CT molecular complexity index is 590. The third-order valence-corrected chi connectivity index (χ3v) is 4.84. The van der Waals surface area contributed by atoms with Crippen molar-refractivity contribution in [2.24, 2.45) is 11.7 Å². The molecule has 3 rings (SSSR count). The van der Waals surface area contributed by atoms with Crippen LogP contribution in [0.5, 0.6) is 0 Å². The zero-order chi connectivity index (χ0) is 16.0. The number of fused-ring (bicyclic) bond motifs is 1. The first kappa shape index (κ1) is 15.3. The van der Waals surface area contributed by atoms with Crippen molar-refractivity contribution < 1.29 is 18.0 Å². The van der Waals surface area contributed by atoms with E-state index in [0.29, 0.717) is 13.1 Å². The average molecular weight is 313 g/mol. The van der Waals surface area contributed by atoms with Gasteiger partial charge in [0.25, 0.3) is 0 Å². The summed E-state index contributed by atoms with van der Waals surface area (Å²) in [5.74, 6) is -0.0369. The fraction of sp³-hybridized carbons (Fsp3) is 0.600. The van der Waals surface area contributed by atoms with Gasteiger partial charge in [0, 0.05) is 31.0 Å². The Morgan fingerprint density at radius 1 is 1.50 bits per heavy atom. The van der Waals surface area contributed by atoms with Crippen LogP contribution < -0.4 is 5.73 Å². The Hall–Kier alpha value is -1.63. The van der Waals surface area contributed by atoms with Crippen LogP contribution in [0.4, 0.5) is 13.2 Å². The molecule has 0 radical (unpaired) electrons. The lowest BCUT2D eigenvalue weighted by Crippen LogP contribution is -2.45. The summed E-state index contributed by atoms with van der Waals surface area (Å²) in [6, 6.07) is 0.908. The first-order valence-corrected chi connectivity index (χ1v) is 7.36. The quantitative estimate of drug-likeness (QED) is 0.908. The van der Waals surface area contributed by atoms with Crippen LogP contribution >= 0.6 is 0 Å². The van der Waals surface area contributed by atoms with Crippen molar-refractivity contribution in [2.75, 3.05) is 13.1 Å². The van der Waals surface area contributed by atoms with Crippen molar-refractivity contribution >= 4 is 5.91 Å². The van der Waals surface area contributed by atoms with Crippen LogP contribution in [-0.2, 0) is 17.4 Å². The molecule has 1 aliphatic heterocycles. The van der Waals surface area contributed by atoms with Gasteiger partial charge in [0.2, 0.25) is 5.91 Å². The van der Waals surface area contributed by atoms with Crippen LogP contribution in [0.15, 0.2) is 18.5 Å². The molecule has 7 heteroatoms. The minimum Gasteiger partial charge on any atom is -0.340 e. The summed E-state index contributed by atoms with van der Waals surface area (Å²) in [6.45, 7) is 0.995. The number of halogens is 3. The Kier molecular flexibility index (Phi) is 3.63. The molecule has 0 spiro atoms. The fourth-order valence-electron chi connectivity index (χ4n) is 3.65. The molecule has 0 aromatic carbocycles. The number of hydrogen-bond donors (Lipinski definition) is 1. The molecule has 1 aromatic heterocycles.